The molecule has 3 unspecified atom stereocenters. The van der Waals surface area contributed by atoms with Crippen LogP contribution in [0.4, 0.5) is 0 Å². The molecule has 14 heteroatoms. The van der Waals surface area contributed by atoms with Gasteiger partial charge in [0.05, 0.1) is 19.0 Å². The van der Waals surface area contributed by atoms with Gasteiger partial charge in [-0.1, -0.05) is 12.1 Å². The summed E-state index contributed by atoms with van der Waals surface area (Å²) >= 11 is 0. The molecule has 34 heavy (non-hydrogen) atoms. The second kappa shape index (κ2) is 13.4. The number of hydrogen-bond donors (Lipinski definition) is 8. The third kappa shape index (κ3) is 10.4. The SMILES string of the molecule is NC(=O)CCC(NC(=O)C(N)CC(=O)O)C(=O)NCC(=O)NC(Cc1ccc(O)cc1)C(=O)O. The van der Waals surface area contributed by atoms with Crippen LogP contribution in [0.5, 0.6) is 5.75 Å². The highest BCUT2D eigenvalue weighted by Gasteiger charge is 2.26. The maximum atomic E-state index is 12.4. The van der Waals surface area contributed by atoms with Gasteiger partial charge in [-0.05, 0) is 24.1 Å². The van der Waals surface area contributed by atoms with Gasteiger partial charge in [0.2, 0.25) is 23.6 Å². The second-order valence-electron chi connectivity index (χ2n) is 7.32. The molecule has 3 atom stereocenters. The monoisotopic (exact) mass is 481 g/mol. The van der Waals surface area contributed by atoms with Gasteiger partial charge in [0.15, 0.2) is 0 Å². The minimum atomic E-state index is -1.46. The summed E-state index contributed by atoms with van der Waals surface area (Å²) in [6, 6.07) is 1.56. The molecule has 1 aromatic rings. The lowest BCUT2D eigenvalue weighted by atomic mass is 10.1. The number of carboxylic acids is 2. The lowest BCUT2D eigenvalue weighted by Gasteiger charge is -2.20. The van der Waals surface area contributed by atoms with Gasteiger partial charge in [0.1, 0.15) is 17.8 Å². The van der Waals surface area contributed by atoms with Crippen molar-refractivity contribution in [1.82, 2.24) is 16.0 Å². The van der Waals surface area contributed by atoms with Crippen molar-refractivity contribution in [3.05, 3.63) is 29.8 Å². The highest BCUT2D eigenvalue weighted by molar-refractivity contribution is 5.93. The molecule has 186 valence electrons. The lowest BCUT2D eigenvalue weighted by molar-refractivity contribution is -0.141. The molecule has 0 aromatic heterocycles. The molecule has 14 nitrogen and oxygen atoms in total. The number of benzene rings is 1. The van der Waals surface area contributed by atoms with Gasteiger partial charge in [-0.15, -0.1) is 0 Å². The Hall–Kier alpha value is -4.20. The van der Waals surface area contributed by atoms with Crippen molar-refractivity contribution in [2.75, 3.05) is 6.54 Å². The topological polar surface area (TPSA) is 251 Å². The van der Waals surface area contributed by atoms with Gasteiger partial charge in [0, 0.05) is 12.8 Å². The Kier molecular flexibility index (Phi) is 10.9. The van der Waals surface area contributed by atoms with Crippen LogP contribution in [0.1, 0.15) is 24.8 Å². The summed E-state index contributed by atoms with van der Waals surface area (Å²) in [6.45, 7) is -0.650. The first kappa shape index (κ1) is 27.8. The number of phenolic OH excluding ortho intramolecular Hbond substituents is 1. The summed E-state index contributed by atoms with van der Waals surface area (Å²) in [5.41, 5.74) is 11.0. The van der Waals surface area contributed by atoms with Crippen LogP contribution >= 0.6 is 0 Å². The van der Waals surface area contributed by atoms with E-state index in [2.05, 4.69) is 16.0 Å². The first-order valence-electron chi connectivity index (χ1n) is 10.0. The number of carbonyl (C=O) groups is 6. The average molecular weight is 481 g/mol. The summed E-state index contributed by atoms with van der Waals surface area (Å²) in [4.78, 5) is 69.8. The number of hydrogen-bond acceptors (Lipinski definition) is 8. The molecular formula is C20H27N5O9. The van der Waals surface area contributed by atoms with Crippen LogP contribution < -0.4 is 27.4 Å². The maximum absolute atomic E-state index is 12.4. The van der Waals surface area contributed by atoms with Crippen LogP contribution in [0.15, 0.2) is 24.3 Å². The standard InChI is InChI=1S/C20H27N5O9/c21-12(8-17(29)30)18(31)25-13(5-6-15(22)27)19(32)23-9-16(28)24-14(20(33)34)7-10-1-3-11(26)4-2-10/h1-4,12-14,26H,5-9,21H2,(H2,22,27)(H,23,32)(H,24,28)(H,25,31)(H,29,30)(H,33,34). The first-order chi connectivity index (χ1) is 15.9. The van der Waals surface area contributed by atoms with Crippen molar-refractivity contribution in [3.63, 3.8) is 0 Å². The molecule has 10 N–H and O–H groups in total. The van der Waals surface area contributed by atoms with Crippen molar-refractivity contribution >= 4 is 35.6 Å². The summed E-state index contributed by atoms with van der Waals surface area (Å²) in [5.74, 6) is -6.14. The molecule has 0 radical (unpaired) electrons. The summed E-state index contributed by atoms with van der Waals surface area (Å²) in [7, 11) is 0. The van der Waals surface area contributed by atoms with Crippen LogP contribution in [0.25, 0.3) is 0 Å². The van der Waals surface area contributed by atoms with Crippen molar-refractivity contribution in [2.24, 2.45) is 11.5 Å². The number of nitrogens with one attached hydrogen (secondary N) is 3. The van der Waals surface area contributed by atoms with Crippen molar-refractivity contribution in [1.29, 1.82) is 0 Å². The van der Waals surface area contributed by atoms with E-state index >= 15 is 0 Å². The fraction of sp³-hybridized carbons (Fsp3) is 0.400. The van der Waals surface area contributed by atoms with E-state index in [1.54, 1.807) is 0 Å². The smallest absolute Gasteiger partial charge is 0.326 e. The number of carboxylic acid groups (broad SMARTS) is 2. The number of rotatable bonds is 14. The summed E-state index contributed by atoms with van der Waals surface area (Å²) < 4.78 is 0. The van der Waals surface area contributed by atoms with Gasteiger partial charge in [-0.2, -0.15) is 0 Å². The Morgan fingerprint density at radius 1 is 0.912 bits per heavy atom. The number of nitrogens with two attached hydrogens (primary N) is 2. The fourth-order valence-corrected chi connectivity index (χ4v) is 2.72. The molecule has 0 fully saturated rings. The minimum absolute atomic E-state index is 0.00994. The average Bonchev–Trinajstić information content (AvgIpc) is 2.75. The van der Waals surface area contributed by atoms with Crippen LogP contribution in [-0.4, -0.2) is 75.6 Å². The normalized spacial score (nSPS) is 13.1. The predicted octanol–water partition coefficient (Wildman–Crippen LogP) is -2.83. The molecule has 0 aliphatic rings. The van der Waals surface area contributed by atoms with Gasteiger partial charge >= 0.3 is 11.9 Å². The third-order valence-electron chi connectivity index (χ3n) is 4.48. The third-order valence-corrected chi connectivity index (χ3v) is 4.48. The van der Waals surface area contributed by atoms with E-state index in [0.29, 0.717) is 5.56 Å². The molecule has 1 aromatic carbocycles. The van der Waals surface area contributed by atoms with Crippen LogP contribution in [0.2, 0.25) is 0 Å². The Bertz CT molecular complexity index is 920. The Morgan fingerprint density at radius 2 is 1.53 bits per heavy atom. The van der Waals surface area contributed by atoms with Crippen LogP contribution in [0.3, 0.4) is 0 Å². The molecule has 0 heterocycles. The van der Waals surface area contributed by atoms with Gasteiger partial charge in [0.25, 0.3) is 0 Å². The highest BCUT2D eigenvalue weighted by atomic mass is 16.4. The molecule has 0 spiro atoms. The Balaban J connectivity index is 2.71. The zero-order valence-corrected chi connectivity index (χ0v) is 18.0. The number of amides is 4. The number of aliphatic carboxylic acids is 2. The zero-order chi connectivity index (χ0) is 25.8. The Labute approximate surface area is 193 Å². The van der Waals surface area contributed by atoms with Crippen LogP contribution in [-0.2, 0) is 35.2 Å². The molecule has 0 aliphatic heterocycles. The molecule has 0 aliphatic carbocycles. The van der Waals surface area contributed by atoms with E-state index in [0.717, 1.165) is 0 Å². The zero-order valence-electron chi connectivity index (χ0n) is 18.0. The van der Waals surface area contributed by atoms with Crippen molar-refractivity contribution < 1.29 is 44.1 Å². The predicted molar refractivity (Wildman–Crippen MR) is 115 cm³/mol. The highest BCUT2D eigenvalue weighted by Crippen LogP contribution is 2.11. The maximum Gasteiger partial charge on any atom is 0.326 e. The van der Waals surface area contributed by atoms with Gasteiger partial charge in [-0.25, -0.2) is 4.79 Å². The quantitative estimate of drug-likeness (QED) is 0.135. The molecular weight excluding hydrogens is 454 g/mol. The number of primary amides is 1. The van der Waals surface area contributed by atoms with Crippen molar-refractivity contribution in [3.8, 4) is 5.75 Å². The van der Waals surface area contributed by atoms with Gasteiger partial charge < -0.3 is 42.7 Å². The van der Waals surface area contributed by atoms with Gasteiger partial charge in [-0.3, -0.25) is 24.0 Å². The minimum Gasteiger partial charge on any atom is -0.508 e. The summed E-state index contributed by atoms with van der Waals surface area (Å²) in [6.07, 6.45) is -1.33. The Morgan fingerprint density at radius 3 is 2.06 bits per heavy atom. The lowest BCUT2D eigenvalue weighted by Crippen LogP contribution is -2.54. The van der Waals surface area contributed by atoms with E-state index in [9.17, 15) is 39.0 Å². The molecule has 0 saturated heterocycles. The number of aromatic hydroxyl groups is 1. The van der Waals surface area contributed by atoms with E-state index in [-0.39, 0.29) is 25.0 Å². The number of phenols is 1. The van der Waals surface area contributed by atoms with E-state index < -0.39 is 66.7 Å². The number of carbonyl (C=O) groups excluding carboxylic acids is 4. The fourth-order valence-electron chi connectivity index (χ4n) is 2.72. The molecule has 0 bridgehead atoms. The van der Waals surface area contributed by atoms with Crippen LogP contribution in [0, 0.1) is 0 Å². The second-order valence-corrected chi connectivity index (χ2v) is 7.32. The van der Waals surface area contributed by atoms with E-state index in [4.69, 9.17) is 16.6 Å². The molecule has 1 rings (SSSR count). The summed E-state index contributed by atoms with van der Waals surface area (Å²) in [5, 5.41) is 34.0. The molecule has 0 saturated carbocycles. The van der Waals surface area contributed by atoms with E-state index in [1.807, 2.05) is 0 Å². The molecule has 4 amide bonds. The van der Waals surface area contributed by atoms with E-state index in [1.165, 1.54) is 24.3 Å². The van der Waals surface area contributed by atoms with Crippen molar-refractivity contribution in [2.45, 2.75) is 43.8 Å². The first-order valence-corrected chi connectivity index (χ1v) is 10.0. The largest absolute Gasteiger partial charge is 0.508 e.